The van der Waals surface area contributed by atoms with Gasteiger partial charge in [0.1, 0.15) is 11.6 Å². The molecule has 1 aliphatic carbocycles. The standard InChI is InChI=1S/C19H20FN5O/c1-13-17(12-22-24(13)16-8-6-14(20)7-9-16)19(26)23-18-10-11-21-25(18)15-4-2-3-5-15/h6-12,15H,2-5H2,1H3,(H,23,26). The van der Waals surface area contributed by atoms with Crippen molar-refractivity contribution in [3.8, 4) is 5.69 Å². The largest absolute Gasteiger partial charge is 0.307 e. The number of halogens is 1. The summed E-state index contributed by atoms with van der Waals surface area (Å²) >= 11 is 0. The highest BCUT2D eigenvalue weighted by molar-refractivity contribution is 6.04. The first-order valence-corrected chi connectivity index (χ1v) is 8.79. The van der Waals surface area contributed by atoms with Crippen molar-refractivity contribution in [1.82, 2.24) is 19.6 Å². The Morgan fingerprint density at radius 1 is 1.15 bits per heavy atom. The minimum Gasteiger partial charge on any atom is -0.307 e. The minimum absolute atomic E-state index is 0.226. The monoisotopic (exact) mass is 353 g/mol. The normalized spacial score (nSPS) is 14.7. The summed E-state index contributed by atoms with van der Waals surface area (Å²) in [5.74, 6) is 0.170. The number of hydrogen-bond donors (Lipinski definition) is 1. The summed E-state index contributed by atoms with van der Waals surface area (Å²) in [6.07, 6.45) is 7.81. The fourth-order valence-corrected chi connectivity index (χ4v) is 3.51. The second kappa shape index (κ2) is 6.74. The van der Waals surface area contributed by atoms with E-state index in [1.165, 1.54) is 31.2 Å². The molecule has 1 fully saturated rings. The first-order chi connectivity index (χ1) is 12.6. The third-order valence-corrected chi connectivity index (χ3v) is 4.91. The fraction of sp³-hybridized carbons (Fsp3) is 0.316. The van der Waals surface area contributed by atoms with Crippen molar-refractivity contribution in [2.75, 3.05) is 5.32 Å². The number of aromatic nitrogens is 4. The van der Waals surface area contributed by atoms with Crippen LogP contribution in [0.15, 0.2) is 42.7 Å². The van der Waals surface area contributed by atoms with E-state index in [1.54, 1.807) is 23.0 Å². The number of amides is 1. The van der Waals surface area contributed by atoms with E-state index in [-0.39, 0.29) is 11.7 Å². The first-order valence-electron chi connectivity index (χ1n) is 8.79. The van der Waals surface area contributed by atoms with Crippen molar-refractivity contribution in [2.45, 2.75) is 38.6 Å². The van der Waals surface area contributed by atoms with Gasteiger partial charge in [0.2, 0.25) is 0 Å². The first kappa shape index (κ1) is 16.5. The molecular formula is C19H20FN5O. The van der Waals surface area contributed by atoms with E-state index in [9.17, 15) is 9.18 Å². The maximum atomic E-state index is 13.1. The van der Waals surface area contributed by atoms with E-state index in [0.717, 1.165) is 12.8 Å². The van der Waals surface area contributed by atoms with Crippen LogP contribution in [0, 0.1) is 12.7 Å². The molecular weight excluding hydrogens is 333 g/mol. The van der Waals surface area contributed by atoms with Crippen LogP contribution in [0.4, 0.5) is 10.2 Å². The van der Waals surface area contributed by atoms with E-state index in [1.807, 2.05) is 17.7 Å². The van der Waals surface area contributed by atoms with Crippen LogP contribution in [0.1, 0.15) is 47.8 Å². The predicted octanol–water partition coefficient (Wildman–Crippen LogP) is 3.88. The summed E-state index contributed by atoms with van der Waals surface area (Å²) in [7, 11) is 0. The van der Waals surface area contributed by atoms with E-state index < -0.39 is 0 Å². The van der Waals surface area contributed by atoms with Crippen molar-refractivity contribution in [3.05, 3.63) is 59.8 Å². The fourth-order valence-electron chi connectivity index (χ4n) is 3.51. The van der Waals surface area contributed by atoms with Crippen LogP contribution in [0.2, 0.25) is 0 Å². The average molecular weight is 353 g/mol. The van der Waals surface area contributed by atoms with Crippen LogP contribution in [0.25, 0.3) is 5.69 Å². The molecule has 134 valence electrons. The summed E-state index contributed by atoms with van der Waals surface area (Å²) < 4.78 is 16.6. The molecule has 0 spiro atoms. The molecule has 3 aromatic rings. The molecule has 0 bridgehead atoms. The molecule has 0 radical (unpaired) electrons. The third kappa shape index (κ3) is 3.00. The molecule has 1 aromatic carbocycles. The van der Waals surface area contributed by atoms with Gasteiger partial charge in [0.25, 0.3) is 5.91 Å². The number of rotatable bonds is 4. The molecule has 0 saturated heterocycles. The Morgan fingerprint density at radius 2 is 1.88 bits per heavy atom. The zero-order chi connectivity index (χ0) is 18.1. The molecule has 1 N–H and O–H groups in total. The molecule has 1 aliphatic rings. The molecule has 4 rings (SSSR count). The highest BCUT2D eigenvalue weighted by Crippen LogP contribution is 2.31. The molecule has 1 amide bonds. The number of benzene rings is 1. The number of anilines is 1. The van der Waals surface area contributed by atoms with Crippen LogP contribution < -0.4 is 5.32 Å². The molecule has 6 nitrogen and oxygen atoms in total. The van der Waals surface area contributed by atoms with Gasteiger partial charge in [-0.3, -0.25) is 4.79 Å². The minimum atomic E-state index is -0.309. The van der Waals surface area contributed by atoms with Gasteiger partial charge in [0.05, 0.1) is 35.4 Å². The Bertz CT molecular complexity index is 922. The van der Waals surface area contributed by atoms with Gasteiger partial charge in [-0.2, -0.15) is 10.2 Å². The van der Waals surface area contributed by atoms with Crippen molar-refractivity contribution >= 4 is 11.7 Å². The van der Waals surface area contributed by atoms with Crippen molar-refractivity contribution < 1.29 is 9.18 Å². The molecule has 26 heavy (non-hydrogen) atoms. The Labute approximate surface area is 150 Å². The maximum absolute atomic E-state index is 13.1. The van der Waals surface area contributed by atoms with Crippen LogP contribution >= 0.6 is 0 Å². The van der Waals surface area contributed by atoms with Gasteiger partial charge in [-0.05, 0) is 44.0 Å². The molecule has 0 atom stereocenters. The topological polar surface area (TPSA) is 64.7 Å². The molecule has 1 saturated carbocycles. The number of nitrogens with one attached hydrogen (secondary N) is 1. The van der Waals surface area contributed by atoms with E-state index in [0.29, 0.717) is 28.8 Å². The average Bonchev–Trinajstić information content (AvgIpc) is 3.36. The zero-order valence-corrected chi connectivity index (χ0v) is 14.5. The third-order valence-electron chi connectivity index (χ3n) is 4.91. The van der Waals surface area contributed by atoms with Crippen LogP contribution in [0.3, 0.4) is 0 Å². The number of carbonyl (C=O) groups excluding carboxylic acids is 1. The quantitative estimate of drug-likeness (QED) is 0.774. The van der Waals surface area contributed by atoms with Gasteiger partial charge in [0.15, 0.2) is 0 Å². The lowest BCUT2D eigenvalue weighted by atomic mass is 10.2. The van der Waals surface area contributed by atoms with E-state index in [4.69, 9.17) is 0 Å². The highest BCUT2D eigenvalue weighted by Gasteiger charge is 2.22. The van der Waals surface area contributed by atoms with Gasteiger partial charge < -0.3 is 5.32 Å². The summed E-state index contributed by atoms with van der Waals surface area (Å²) in [4.78, 5) is 12.7. The molecule has 2 aromatic heterocycles. The SMILES string of the molecule is Cc1c(C(=O)Nc2ccnn2C2CCCC2)cnn1-c1ccc(F)cc1. The second-order valence-electron chi connectivity index (χ2n) is 6.59. The lowest BCUT2D eigenvalue weighted by molar-refractivity contribution is 0.102. The lowest BCUT2D eigenvalue weighted by Crippen LogP contribution is -2.18. The number of carbonyl (C=O) groups is 1. The smallest absolute Gasteiger partial charge is 0.260 e. The predicted molar refractivity (Wildman–Crippen MR) is 95.9 cm³/mol. The zero-order valence-electron chi connectivity index (χ0n) is 14.5. The summed E-state index contributed by atoms with van der Waals surface area (Å²) in [6.45, 7) is 1.82. The Hall–Kier alpha value is -2.96. The molecule has 0 unspecified atom stereocenters. The Morgan fingerprint density at radius 3 is 2.62 bits per heavy atom. The Kier molecular flexibility index (Phi) is 4.28. The van der Waals surface area contributed by atoms with E-state index >= 15 is 0 Å². The number of hydrogen-bond acceptors (Lipinski definition) is 3. The van der Waals surface area contributed by atoms with Crippen LogP contribution in [-0.2, 0) is 0 Å². The summed E-state index contributed by atoms with van der Waals surface area (Å²) in [5, 5.41) is 11.6. The van der Waals surface area contributed by atoms with Crippen molar-refractivity contribution in [3.63, 3.8) is 0 Å². The highest BCUT2D eigenvalue weighted by atomic mass is 19.1. The van der Waals surface area contributed by atoms with Crippen LogP contribution in [0.5, 0.6) is 0 Å². The van der Waals surface area contributed by atoms with Gasteiger partial charge in [-0.15, -0.1) is 0 Å². The van der Waals surface area contributed by atoms with Gasteiger partial charge in [0, 0.05) is 6.07 Å². The van der Waals surface area contributed by atoms with Gasteiger partial charge >= 0.3 is 0 Å². The summed E-state index contributed by atoms with van der Waals surface area (Å²) in [5.41, 5.74) is 1.88. The summed E-state index contributed by atoms with van der Waals surface area (Å²) in [6, 6.07) is 8.17. The molecule has 2 heterocycles. The van der Waals surface area contributed by atoms with E-state index in [2.05, 4.69) is 15.5 Å². The second-order valence-corrected chi connectivity index (χ2v) is 6.59. The lowest BCUT2D eigenvalue weighted by Gasteiger charge is -2.14. The maximum Gasteiger partial charge on any atom is 0.260 e. The van der Waals surface area contributed by atoms with Crippen molar-refractivity contribution in [1.29, 1.82) is 0 Å². The molecule has 7 heteroatoms. The van der Waals surface area contributed by atoms with Gasteiger partial charge in [-0.1, -0.05) is 12.8 Å². The number of nitrogens with zero attached hydrogens (tertiary/aromatic N) is 4. The van der Waals surface area contributed by atoms with Crippen LogP contribution in [-0.4, -0.2) is 25.5 Å². The van der Waals surface area contributed by atoms with Gasteiger partial charge in [-0.25, -0.2) is 13.8 Å². The Balaban J connectivity index is 1.56. The van der Waals surface area contributed by atoms with Crippen molar-refractivity contribution in [2.24, 2.45) is 0 Å². The molecule has 0 aliphatic heterocycles.